The van der Waals surface area contributed by atoms with Gasteiger partial charge in [0.15, 0.2) is 0 Å². The summed E-state index contributed by atoms with van der Waals surface area (Å²) in [6, 6.07) is 2.00. The zero-order valence-corrected chi connectivity index (χ0v) is 12.1. The summed E-state index contributed by atoms with van der Waals surface area (Å²) in [7, 11) is 1.69. The van der Waals surface area contributed by atoms with E-state index >= 15 is 0 Å². The maximum absolute atomic E-state index is 5.74. The number of hydrogen-bond donors (Lipinski definition) is 1. The van der Waals surface area contributed by atoms with Gasteiger partial charge in [-0.25, -0.2) is 4.98 Å². The Morgan fingerprint density at radius 3 is 3.00 bits per heavy atom. The number of hydrogen-bond acceptors (Lipinski definition) is 6. The van der Waals surface area contributed by atoms with Gasteiger partial charge >= 0.3 is 0 Å². The van der Waals surface area contributed by atoms with Crippen LogP contribution < -0.4 is 10.1 Å². The van der Waals surface area contributed by atoms with E-state index in [0.29, 0.717) is 25.0 Å². The van der Waals surface area contributed by atoms with Crippen molar-refractivity contribution in [1.82, 2.24) is 9.97 Å². The molecule has 0 saturated heterocycles. The highest BCUT2D eigenvalue weighted by Crippen LogP contribution is 2.28. The van der Waals surface area contributed by atoms with Crippen LogP contribution in [0.5, 0.6) is 5.88 Å². The molecule has 0 radical (unpaired) electrons. The van der Waals surface area contributed by atoms with Crippen LogP contribution in [0, 0.1) is 0 Å². The highest BCUT2D eigenvalue weighted by atomic mass is 32.1. The molecule has 5 nitrogen and oxygen atoms in total. The number of nitrogens with zero attached hydrogens (tertiary/aromatic N) is 2. The lowest BCUT2D eigenvalue weighted by Gasteiger charge is -2.08. The topological polar surface area (TPSA) is 56.3 Å². The minimum Gasteiger partial charge on any atom is -0.477 e. The van der Waals surface area contributed by atoms with Crippen molar-refractivity contribution in [2.45, 2.75) is 19.8 Å². The summed E-state index contributed by atoms with van der Waals surface area (Å²) in [5, 5.41) is 6.18. The van der Waals surface area contributed by atoms with Crippen LogP contribution in [0.2, 0.25) is 0 Å². The van der Waals surface area contributed by atoms with Gasteiger partial charge in [-0.05, 0) is 17.9 Å². The number of aromatic nitrogens is 2. The van der Waals surface area contributed by atoms with Crippen LogP contribution in [0.1, 0.15) is 19.8 Å². The molecule has 104 valence electrons. The molecule has 0 amide bonds. The highest BCUT2D eigenvalue weighted by molar-refractivity contribution is 7.16. The Kier molecular flexibility index (Phi) is 5.35. The normalized spacial score (nSPS) is 10.8. The summed E-state index contributed by atoms with van der Waals surface area (Å²) in [6.45, 7) is 4.26. The van der Waals surface area contributed by atoms with Crippen molar-refractivity contribution in [2.75, 3.05) is 32.2 Å². The largest absolute Gasteiger partial charge is 0.477 e. The lowest BCUT2D eigenvalue weighted by Crippen LogP contribution is -2.07. The van der Waals surface area contributed by atoms with E-state index in [1.165, 1.54) is 0 Å². The molecule has 0 spiro atoms. The van der Waals surface area contributed by atoms with Gasteiger partial charge in [0.1, 0.15) is 4.83 Å². The van der Waals surface area contributed by atoms with Crippen molar-refractivity contribution < 1.29 is 9.47 Å². The molecular formula is C13H19N3O2S. The molecular weight excluding hydrogens is 262 g/mol. The summed E-state index contributed by atoms with van der Waals surface area (Å²) >= 11 is 1.60. The molecule has 19 heavy (non-hydrogen) atoms. The molecule has 2 heterocycles. The lowest BCUT2D eigenvalue weighted by atomic mass is 10.4. The number of fused-ring (bicyclic) bond motifs is 1. The molecule has 2 aromatic heterocycles. The maximum Gasteiger partial charge on any atom is 0.227 e. The molecule has 0 atom stereocenters. The second-order valence-electron chi connectivity index (χ2n) is 4.11. The summed E-state index contributed by atoms with van der Waals surface area (Å²) in [6.07, 6.45) is 1.89. The Balaban J connectivity index is 2.12. The Hall–Kier alpha value is -1.40. The molecule has 0 aliphatic carbocycles. The van der Waals surface area contributed by atoms with E-state index in [9.17, 15) is 0 Å². The summed E-state index contributed by atoms with van der Waals surface area (Å²) in [4.78, 5) is 9.85. The zero-order valence-electron chi connectivity index (χ0n) is 11.3. The highest BCUT2D eigenvalue weighted by Gasteiger charge is 2.09. The number of rotatable bonds is 8. The summed E-state index contributed by atoms with van der Waals surface area (Å²) < 4.78 is 10.7. The smallest absolute Gasteiger partial charge is 0.227 e. The fraction of sp³-hybridized carbons (Fsp3) is 0.538. The van der Waals surface area contributed by atoms with Crippen LogP contribution in [-0.2, 0) is 4.74 Å². The molecule has 0 aliphatic heterocycles. The number of ether oxygens (including phenoxy) is 2. The molecule has 0 aliphatic rings. The molecule has 0 unspecified atom stereocenters. The second-order valence-corrected chi connectivity index (χ2v) is 5.01. The third-order valence-corrected chi connectivity index (χ3v) is 3.36. The quantitative estimate of drug-likeness (QED) is 0.754. The van der Waals surface area contributed by atoms with Gasteiger partial charge in [-0.3, -0.25) is 0 Å². The number of thiophene rings is 1. The first-order chi connectivity index (χ1) is 9.35. The van der Waals surface area contributed by atoms with E-state index in [0.717, 1.165) is 29.6 Å². The third-order valence-electron chi connectivity index (χ3n) is 2.55. The van der Waals surface area contributed by atoms with Crippen LogP contribution in [-0.4, -0.2) is 36.8 Å². The number of anilines is 1. The van der Waals surface area contributed by atoms with E-state index in [1.54, 1.807) is 18.4 Å². The minimum absolute atomic E-state index is 0.600. The predicted molar refractivity (Wildman–Crippen MR) is 78.2 cm³/mol. The van der Waals surface area contributed by atoms with E-state index in [2.05, 4.69) is 22.2 Å². The third kappa shape index (κ3) is 3.78. The van der Waals surface area contributed by atoms with Gasteiger partial charge in [-0.2, -0.15) is 4.98 Å². The first kappa shape index (κ1) is 14.0. The molecule has 2 aromatic rings. The molecule has 0 bridgehead atoms. The molecule has 0 saturated carbocycles. The van der Waals surface area contributed by atoms with Crippen molar-refractivity contribution in [3.05, 3.63) is 11.4 Å². The summed E-state index contributed by atoms with van der Waals surface area (Å²) in [5.74, 6) is 1.29. The molecule has 2 rings (SSSR count). The van der Waals surface area contributed by atoms with E-state index in [1.807, 2.05) is 11.4 Å². The Morgan fingerprint density at radius 2 is 2.21 bits per heavy atom. The fourth-order valence-electron chi connectivity index (χ4n) is 1.63. The molecule has 0 fully saturated rings. The Bertz CT molecular complexity index is 516. The van der Waals surface area contributed by atoms with Crippen LogP contribution in [0.25, 0.3) is 10.2 Å². The van der Waals surface area contributed by atoms with E-state index in [-0.39, 0.29) is 0 Å². The van der Waals surface area contributed by atoms with Gasteiger partial charge in [-0.15, -0.1) is 11.3 Å². The van der Waals surface area contributed by atoms with Gasteiger partial charge in [-0.1, -0.05) is 6.92 Å². The molecule has 6 heteroatoms. The SMILES string of the molecule is CCCNc1nc(OCCCOC)c2ccsc2n1. The summed E-state index contributed by atoms with van der Waals surface area (Å²) in [5.41, 5.74) is 0. The fourth-order valence-corrected chi connectivity index (χ4v) is 2.38. The van der Waals surface area contributed by atoms with Gasteiger partial charge in [0.2, 0.25) is 11.8 Å². The first-order valence-electron chi connectivity index (χ1n) is 6.46. The Labute approximate surface area is 117 Å². The lowest BCUT2D eigenvalue weighted by molar-refractivity contribution is 0.171. The zero-order chi connectivity index (χ0) is 13.5. The van der Waals surface area contributed by atoms with Gasteiger partial charge in [0.25, 0.3) is 0 Å². The second kappa shape index (κ2) is 7.25. The van der Waals surface area contributed by atoms with Gasteiger partial charge < -0.3 is 14.8 Å². The van der Waals surface area contributed by atoms with Crippen molar-refractivity contribution in [2.24, 2.45) is 0 Å². The van der Waals surface area contributed by atoms with E-state index in [4.69, 9.17) is 9.47 Å². The standard InChI is InChI=1S/C13H19N3O2S/c1-3-6-14-13-15-11(18-8-4-7-17-2)10-5-9-19-12(10)16-13/h5,9H,3-4,6-8H2,1-2H3,(H,14,15,16). The molecule has 1 N–H and O–H groups in total. The van der Waals surface area contributed by atoms with Crippen molar-refractivity contribution >= 4 is 27.5 Å². The van der Waals surface area contributed by atoms with Gasteiger partial charge in [0.05, 0.1) is 12.0 Å². The van der Waals surface area contributed by atoms with Crippen molar-refractivity contribution in [3.8, 4) is 5.88 Å². The first-order valence-corrected chi connectivity index (χ1v) is 7.34. The number of nitrogens with one attached hydrogen (secondary N) is 1. The predicted octanol–water partition coefficient (Wildman–Crippen LogP) is 2.93. The van der Waals surface area contributed by atoms with Crippen molar-refractivity contribution in [3.63, 3.8) is 0 Å². The molecule has 0 aromatic carbocycles. The van der Waals surface area contributed by atoms with Crippen molar-refractivity contribution in [1.29, 1.82) is 0 Å². The van der Waals surface area contributed by atoms with Crippen LogP contribution >= 0.6 is 11.3 Å². The average Bonchev–Trinajstić information content (AvgIpc) is 2.89. The number of methoxy groups -OCH3 is 1. The monoisotopic (exact) mass is 281 g/mol. The Morgan fingerprint density at radius 1 is 1.32 bits per heavy atom. The average molecular weight is 281 g/mol. The van der Waals surface area contributed by atoms with Crippen LogP contribution in [0.15, 0.2) is 11.4 Å². The van der Waals surface area contributed by atoms with Gasteiger partial charge in [0, 0.05) is 26.7 Å². The van der Waals surface area contributed by atoms with E-state index < -0.39 is 0 Å². The minimum atomic E-state index is 0.600. The van der Waals surface area contributed by atoms with Crippen LogP contribution in [0.3, 0.4) is 0 Å². The van der Waals surface area contributed by atoms with Crippen LogP contribution in [0.4, 0.5) is 5.95 Å². The maximum atomic E-state index is 5.74.